The van der Waals surface area contributed by atoms with E-state index < -0.39 is 87.0 Å². The highest BCUT2D eigenvalue weighted by Crippen LogP contribution is 2.74. The van der Waals surface area contributed by atoms with Crippen molar-refractivity contribution in [1.29, 1.82) is 0 Å². The minimum Gasteiger partial charge on any atom is -0.458 e. The van der Waals surface area contributed by atoms with Crippen molar-refractivity contribution in [3.8, 4) is 0 Å². The number of carbonyl (C=O) groups is 4. The van der Waals surface area contributed by atoms with Crippen LogP contribution >= 0.6 is 0 Å². The number of allylic oxidation sites excluding steroid dienone is 2. The van der Waals surface area contributed by atoms with E-state index in [-0.39, 0.29) is 31.5 Å². The monoisotopic (exact) mass is 542 g/mol. The zero-order valence-electron chi connectivity index (χ0n) is 22.7. The van der Waals surface area contributed by atoms with Gasteiger partial charge in [0.15, 0.2) is 11.2 Å². The number of aliphatic hydroxyl groups is 2. The Morgan fingerprint density at radius 3 is 2.46 bits per heavy atom. The third-order valence-corrected chi connectivity index (χ3v) is 12.1. The Morgan fingerprint density at radius 1 is 1.05 bits per heavy atom. The van der Waals surface area contributed by atoms with Crippen LogP contribution < -0.4 is 0 Å². The summed E-state index contributed by atoms with van der Waals surface area (Å²) >= 11 is 0. The van der Waals surface area contributed by atoms with E-state index in [1.807, 2.05) is 6.08 Å². The molecule has 39 heavy (non-hydrogen) atoms. The molecule has 12 atom stereocenters. The summed E-state index contributed by atoms with van der Waals surface area (Å²) in [5.41, 5.74) is -9.80. The number of hydrogen-bond donors (Lipinski definition) is 2. The number of esters is 3. The van der Waals surface area contributed by atoms with Gasteiger partial charge in [-0.15, -0.1) is 0 Å². The van der Waals surface area contributed by atoms with Gasteiger partial charge in [0.2, 0.25) is 11.2 Å². The molecule has 5 fully saturated rings. The Morgan fingerprint density at radius 2 is 1.77 bits per heavy atom. The van der Waals surface area contributed by atoms with Gasteiger partial charge >= 0.3 is 17.9 Å². The Balaban J connectivity index is 1.53. The minimum absolute atomic E-state index is 0.108. The summed E-state index contributed by atoms with van der Waals surface area (Å²) in [6.45, 7) is 6.79. The van der Waals surface area contributed by atoms with Crippen LogP contribution in [-0.2, 0) is 38.1 Å². The number of carbonyl (C=O) groups excluding carboxylic acids is 4. The molecule has 10 heteroatoms. The number of rotatable bonds is 1. The highest BCUT2D eigenvalue weighted by Gasteiger charge is 2.93. The van der Waals surface area contributed by atoms with Gasteiger partial charge in [0.25, 0.3) is 0 Å². The second-order valence-electron chi connectivity index (χ2n) is 13.4. The van der Waals surface area contributed by atoms with Gasteiger partial charge in [0.05, 0.1) is 23.4 Å². The average Bonchev–Trinajstić information content (AvgIpc) is 3.23. The van der Waals surface area contributed by atoms with Gasteiger partial charge in [-0.2, -0.15) is 0 Å². The summed E-state index contributed by atoms with van der Waals surface area (Å²) in [6.07, 6.45) is 4.32. The first-order valence-electron chi connectivity index (χ1n) is 13.7. The van der Waals surface area contributed by atoms with E-state index in [1.54, 1.807) is 32.9 Å². The lowest BCUT2D eigenvalue weighted by atomic mass is 9.40. The van der Waals surface area contributed by atoms with Crippen LogP contribution in [0.4, 0.5) is 0 Å². The van der Waals surface area contributed by atoms with Crippen LogP contribution in [-0.4, -0.2) is 75.6 Å². The summed E-state index contributed by atoms with van der Waals surface area (Å²) in [7, 11) is 1.53. The summed E-state index contributed by atoms with van der Waals surface area (Å²) in [6, 6.07) is 0. The molecule has 1 spiro atoms. The molecule has 3 saturated heterocycles. The Bertz CT molecular complexity index is 1320. The molecule has 2 saturated carbocycles. The molecule has 3 aliphatic heterocycles. The van der Waals surface area contributed by atoms with Crippen LogP contribution in [0, 0.1) is 34.5 Å². The maximum atomic E-state index is 14.1. The van der Waals surface area contributed by atoms with Crippen molar-refractivity contribution >= 4 is 23.7 Å². The summed E-state index contributed by atoms with van der Waals surface area (Å²) < 4.78 is 23.2. The molecule has 4 aliphatic carbocycles. The predicted octanol–water partition coefficient (Wildman–Crippen LogP) is 1.16. The Hall–Kier alpha value is -2.56. The molecule has 4 bridgehead atoms. The number of Topliss-reactive ketones (excluding diaryl/α,β-unsaturated/α-hetero) is 1. The van der Waals surface area contributed by atoms with Gasteiger partial charge in [-0.1, -0.05) is 32.1 Å². The second-order valence-corrected chi connectivity index (χ2v) is 13.4. The topological polar surface area (TPSA) is 146 Å². The normalized spacial score (nSPS) is 56.7. The highest BCUT2D eigenvalue weighted by molar-refractivity contribution is 5.95. The molecule has 0 aromatic carbocycles. The molecule has 0 radical (unpaired) electrons. The standard InChI is InChI=1S/C29H34O10/c1-13-20(31)37-19-12-24(13,2)21-28(35)17-7-6-14-10-15(36-5)11-18(30)25(14,3)16(17)8-9-27(34)22(32)38-26(19,4)29(21,27)39-23(28)33/h6-7,10,13,15-17,19,21,34-35H,8-9,11-12H2,1-5H3/t13?,15-,16+,17-,19?,21?,24-,25+,26+,27?,28+,29+/m1/s1. The van der Waals surface area contributed by atoms with Crippen LogP contribution in [0.2, 0.25) is 0 Å². The van der Waals surface area contributed by atoms with Crippen LogP contribution in [0.25, 0.3) is 0 Å². The van der Waals surface area contributed by atoms with Gasteiger partial charge in [0, 0.05) is 19.4 Å². The van der Waals surface area contributed by atoms with E-state index in [4.69, 9.17) is 18.9 Å². The molecule has 7 aliphatic rings. The summed E-state index contributed by atoms with van der Waals surface area (Å²) in [5.74, 6) is -6.13. The van der Waals surface area contributed by atoms with Crippen LogP contribution in [0.5, 0.6) is 0 Å². The minimum atomic E-state index is -2.32. The Labute approximate surface area is 225 Å². The molecular weight excluding hydrogens is 508 g/mol. The van der Waals surface area contributed by atoms with Crippen molar-refractivity contribution in [3.05, 3.63) is 23.8 Å². The van der Waals surface area contributed by atoms with E-state index in [0.717, 1.165) is 0 Å². The molecule has 7 rings (SSSR count). The van der Waals surface area contributed by atoms with Gasteiger partial charge in [0.1, 0.15) is 11.9 Å². The molecule has 210 valence electrons. The van der Waals surface area contributed by atoms with E-state index in [0.29, 0.717) is 5.57 Å². The SMILES string of the molecule is CO[C@@H]1C=C2C=C[C@@H]3[C@H](CCC4(O)C(=O)O[C@@]5(C)C6C[C@](C)(C(C)C(=O)O6)C6[C@]3(O)C(=O)O[C@]645)[C@@]2(C)C(=O)C1. The van der Waals surface area contributed by atoms with Gasteiger partial charge in [-0.3, -0.25) is 9.59 Å². The fraction of sp³-hybridized carbons (Fsp3) is 0.724. The number of hydrogen-bond acceptors (Lipinski definition) is 10. The maximum Gasteiger partial charge on any atom is 0.343 e. The fourth-order valence-electron chi connectivity index (χ4n) is 9.81. The largest absolute Gasteiger partial charge is 0.458 e. The van der Waals surface area contributed by atoms with Crippen LogP contribution in [0.15, 0.2) is 23.8 Å². The number of fused-ring (bicyclic) bond motifs is 7. The van der Waals surface area contributed by atoms with E-state index in [2.05, 4.69) is 0 Å². The first kappa shape index (κ1) is 25.4. The molecule has 2 N–H and O–H groups in total. The molecule has 10 nitrogen and oxygen atoms in total. The number of ether oxygens (including phenoxy) is 4. The summed E-state index contributed by atoms with van der Waals surface area (Å²) in [5, 5.41) is 25.2. The molecule has 4 unspecified atom stereocenters. The first-order chi connectivity index (χ1) is 18.2. The fourth-order valence-corrected chi connectivity index (χ4v) is 9.81. The van der Waals surface area contributed by atoms with Gasteiger partial charge in [-0.05, 0) is 50.0 Å². The zero-order chi connectivity index (χ0) is 28.1. The lowest BCUT2D eigenvalue weighted by Gasteiger charge is -2.64. The van der Waals surface area contributed by atoms with Crippen molar-refractivity contribution in [2.45, 2.75) is 88.0 Å². The highest BCUT2D eigenvalue weighted by atomic mass is 16.7. The number of ketones is 1. The smallest absolute Gasteiger partial charge is 0.343 e. The third kappa shape index (κ3) is 2.37. The quantitative estimate of drug-likeness (QED) is 0.366. The van der Waals surface area contributed by atoms with E-state index >= 15 is 0 Å². The third-order valence-electron chi connectivity index (χ3n) is 12.1. The van der Waals surface area contributed by atoms with Crippen LogP contribution in [0.3, 0.4) is 0 Å². The summed E-state index contributed by atoms with van der Waals surface area (Å²) in [4.78, 5) is 54.7. The van der Waals surface area contributed by atoms with Crippen molar-refractivity contribution in [2.75, 3.05) is 7.11 Å². The first-order valence-corrected chi connectivity index (χ1v) is 13.7. The maximum absolute atomic E-state index is 14.1. The van der Waals surface area contributed by atoms with E-state index in [9.17, 15) is 29.4 Å². The lowest BCUT2D eigenvalue weighted by Crippen LogP contribution is -2.80. The number of methoxy groups -OCH3 is 1. The van der Waals surface area contributed by atoms with Crippen molar-refractivity contribution in [2.24, 2.45) is 34.5 Å². The second kappa shape index (κ2) is 7.01. The molecule has 0 aromatic rings. The van der Waals surface area contributed by atoms with Gasteiger partial charge < -0.3 is 29.2 Å². The van der Waals surface area contributed by atoms with Crippen molar-refractivity contribution < 1.29 is 48.3 Å². The predicted molar refractivity (Wildman–Crippen MR) is 130 cm³/mol. The Kier molecular flexibility index (Phi) is 4.57. The van der Waals surface area contributed by atoms with Gasteiger partial charge in [-0.25, -0.2) is 9.59 Å². The lowest BCUT2D eigenvalue weighted by molar-refractivity contribution is -0.303. The average molecular weight is 543 g/mol. The van der Waals surface area contributed by atoms with Crippen LogP contribution in [0.1, 0.15) is 53.4 Å². The molecular formula is C29H34O10. The molecule has 0 aromatic heterocycles. The van der Waals surface area contributed by atoms with E-state index in [1.165, 1.54) is 14.0 Å². The zero-order valence-corrected chi connectivity index (χ0v) is 22.7. The molecule has 3 heterocycles. The van der Waals surface area contributed by atoms with Crippen molar-refractivity contribution in [1.82, 2.24) is 0 Å². The molecule has 0 amide bonds. The van der Waals surface area contributed by atoms with Crippen molar-refractivity contribution in [3.63, 3.8) is 0 Å².